The molecule has 0 bridgehead atoms. The molecule has 0 spiro atoms. The highest BCUT2D eigenvalue weighted by molar-refractivity contribution is 4.68. The molecular weight excluding hydrogens is 112 g/mol. The fraction of sp³-hybridized carbons (Fsp3) is 1.00. The van der Waals surface area contributed by atoms with E-state index in [1.165, 1.54) is 32.4 Å². The van der Waals surface area contributed by atoms with Gasteiger partial charge in [0.15, 0.2) is 0 Å². The lowest BCUT2D eigenvalue weighted by Crippen LogP contribution is -2.30. The minimum Gasteiger partial charge on any atom is -0.330 e. The minimum atomic E-state index is 0. The molecule has 1 aliphatic heterocycles. The van der Waals surface area contributed by atoms with Gasteiger partial charge in [-0.2, -0.15) is 0 Å². The first-order valence-electron chi connectivity index (χ1n) is 3.84. The van der Waals surface area contributed by atoms with E-state index in [-0.39, 0.29) is 2.85 Å². The van der Waals surface area contributed by atoms with Crippen molar-refractivity contribution in [3.8, 4) is 0 Å². The summed E-state index contributed by atoms with van der Waals surface area (Å²) in [6.45, 7) is 3.25. The Kier molecular flexibility index (Phi) is 3.01. The van der Waals surface area contributed by atoms with E-state index in [0.29, 0.717) is 0 Å². The molecular formula is C7H20N2. The van der Waals surface area contributed by atoms with Crippen LogP contribution in [-0.4, -0.2) is 19.6 Å². The van der Waals surface area contributed by atoms with Crippen LogP contribution in [0.1, 0.15) is 22.1 Å². The van der Waals surface area contributed by atoms with Crippen LogP contribution < -0.4 is 11.1 Å². The molecule has 1 saturated heterocycles. The monoisotopic (exact) mass is 132 g/mol. The topological polar surface area (TPSA) is 38.0 Å². The van der Waals surface area contributed by atoms with Crippen molar-refractivity contribution >= 4 is 0 Å². The molecule has 58 valence electrons. The maximum atomic E-state index is 5.43. The van der Waals surface area contributed by atoms with E-state index in [9.17, 15) is 0 Å². The van der Waals surface area contributed by atoms with Gasteiger partial charge in [-0.05, 0) is 44.8 Å². The van der Waals surface area contributed by atoms with Crippen molar-refractivity contribution < 1.29 is 2.85 Å². The highest BCUT2D eigenvalue weighted by Crippen LogP contribution is 2.11. The largest absolute Gasteiger partial charge is 0.330 e. The Hall–Kier alpha value is -0.0800. The molecule has 1 atom stereocenters. The third-order valence-corrected chi connectivity index (χ3v) is 1.97. The molecule has 1 fully saturated rings. The molecule has 3 N–H and O–H groups in total. The van der Waals surface area contributed by atoms with Gasteiger partial charge in [0.05, 0.1) is 0 Å². The SMILES string of the molecule is NCCC1CCCNC1.[HH].[HH]. The Bertz CT molecular complexity index is 72.1. The zero-order chi connectivity index (χ0) is 6.53. The van der Waals surface area contributed by atoms with Crippen LogP contribution in [0.5, 0.6) is 0 Å². The minimum absolute atomic E-state index is 0. The maximum absolute atomic E-state index is 5.43. The van der Waals surface area contributed by atoms with Crippen molar-refractivity contribution in [2.45, 2.75) is 19.3 Å². The van der Waals surface area contributed by atoms with Gasteiger partial charge in [0.25, 0.3) is 0 Å². The van der Waals surface area contributed by atoms with Crippen LogP contribution in [0.4, 0.5) is 0 Å². The lowest BCUT2D eigenvalue weighted by molar-refractivity contribution is 0.362. The lowest BCUT2D eigenvalue weighted by atomic mass is 9.96. The average molecular weight is 132 g/mol. The summed E-state index contributed by atoms with van der Waals surface area (Å²) in [6.07, 6.45) is 3.92. The summed E-state index contributed by atoms with van der Waals surface area (Å²) in [5.74, 6) is 0.865. The van der Waals surface area contributed by atoms with E-state index in [1.807, 2.05) is 0 Å². The predicted octanol–water partition coefficient (Wildman–Crippen LogP) is 0.827. The van der Waals surface area contributed by atoms with E-state index < -0.39 is 0 Å². The molecule has 1 aliphatic rings. The molecule has 1 heterocycles. The standard InChI is InChI=1S/C7H16N2.2H2/c8-4-3-7-2-1-5-9-6-7;;/h7,9H,1-6,8H2;2*1H. The summed E-state index contributed by atoms with van der Waals surface area (Å²) in [5.41, 5.74) is 5.43. The van der Waals surface area contributed by atoms with Gasteiger partial charge in [0, 0.05) is 2.85 Å². The Morgan fingerprint density at radius 2 is 2.56 bits per heavy atom. The van der Waals surface area contributed by atoms with Crippen LogP contribution in [0.15, 0.2) is 0 Å². The first-order valence-corrected chi connectivity index (χ1v) is 3.84. The third kappa shape index (κ3) is 2.33. The zero-order valence-electron chi connectivity index (χ0n) is 5.90. The quantitative estimate of drug-likeness (QED) is 0.584. The van der Waals surface area contributed by atoms with E-state index in [4.69, 9.17) is 5.73 Å². The second-order valence-electron chi connectivity index (χ2n) is 2.79. The Labute approximate surface area is 59.8 Å². The van der Waals surface area contributed by atoms with Crippen LogP contribution in [-0.2, 0) is 0 Å². The second-order valence-corrected chi connectivity index (χ2v) is 2.79. The van der Waals surface area contributed by atoms with Crippen molar-refractivity contribution in [2.24, 2.45) is 11.7 Å². The molecule has 0 saturated carbocycles. The van der Waals surface area contributed by atoms with E-state index in [1.54, 1.807) is 0 Å². The summed E-state index contributed by atoms with van der Waals surface area (Å²) in [7, 11) is 0. The fourth-order valence-electron chi connectivity index (χ4n) is 1.41. The molecule has 9 heavy (non-hydrogen) atoms. The van der Waals surface area contributed by atoms with Crippen molar-refractivity contribution in [1.82, 2.24) is 5.32 Å². The van der Waals surface area contributed by atoms with Crippen molar-refractivity contribution in [1.29, 1.82) is 0 Å². The average Bonchev–Trinajstić information content (AvgIpc) is 1.91. The highest BCUT2D eigenvalue weighted by Gasteiger charge is 2.10. The van der Waals surface area contributed by atoms with Crippen LogP contribution in [0.3, 0.4) is 0 Å². The number of nitrogens with two attached hydrogens (primary N) is 1. The molecule has 0 aromatic rings. The van der Waals surface area contributed by atoms with Gasteiger partial charge in [0.1, 0.15) is 0 Å². The summed E-state index contributed by atoms with van der Waals surface area (Å²) >= 11 is 0. The molecule has 0 aliphatic carbocycles. The van der Waals surface area contributed by atoms with Crippen LogP contribution in [0.2, 0.25) is 0 Å². The highest BCUT2D eigenvalue weighted by atomic mass is 14.9. The first-order chi connectivity index (χ1) is 4.43. The summed E-state index contributed by atoms with van der Waals surface area (Å²) in [5, 5.41) is 3.36. The molecule has 1 rings (SSSR count). The smallest absolute Gasteiger partial charge is 0 e. The maximum Gasteiger partial charge on any atom is 0 e. The number of piperidine rings is 1. The number of hydrogen-bond donors (Lipinski definition) is 2. The zero-order valence-corrected chi connectivity index (χ0v) is 5.90. The van der Waals surface area contributed by atoms with Gasteiger partial charge in [0.2, 0.25) is 0 Å². The molecule has 0 aromatic carbocycles. The number of nitrogens with one attached hydrogen (secondary N) is 1. The van der Waals surface area contributed by atoms with Gasteiger partial charge in [-0.25, -0.2) is 0 Å². The summed E-state index contributed by atoms with van der Waals surface area (Å²) < 4.78 is 0. The van der Waals surface area contributed by atoms with Crippen LogP contribution in [0.25, 0.3) is 0 Å². The molecule has 0 amide bonds. The van der Waals surface area contributed by atoms with E-state index >= 15 is 0 Å². The Morgan fingerprint density at radius 1 is 1.67 bits per heavy atom. The fourth-order valence-corrected chi connectivity index (χ4v) is 1.41. The molecule has 2 heteroatoms. The van der Waals surface area contributed by atoms with Gasteiger partial charge in [-0.1, -0.05) is 0 Å². The third-order valence-electron chi connectivity index (χ3n) is 1.97. The van der Waals surface area contributed by atoms with Gasteiger partial charge in [-0.3, -0.25) is 0 Å². The Balaban J connectivity index is 0. The van der Waals surface area contributed by atoms with Gasteiger partial charge in [-0.15, -0.1) is 0 Å². The molecule has 0 aromatic heterocycles. The lowest BCUT2D eigenvalue weighted by Gasteiger charge is -2.21. The molecule has 1 unspecified atom stereocenters. The van der Waals surface area contributed by atoms with E-state index in [2.05, 4.69) is 5.32 Å². The van der Waals surface area contributed by atoms with Gasteiger partial charge >= 0.3 is 0 Å². The predicted molar refractivity (Wildman–Crippen MR) is 43.5 cm³/mol. The second kappa shape index (κ2) is 3.85. The van der Waals surface area contributed by atoms with Crippen molar-refractivity contribution in [3.63, 3.8) is 0 Å². The van der Waals surface area contributed by atoms with Crippen LogP contribution in [0, 0.1) is 5.92 Å². The normalized spacial score (nSPS) is 28.3. The van der Waals surface area contributed by atoms with E-state index in [0.717, 1.165) is 12.5 Å². The Morgan fingerprint density at radius 3 is 3.11 bits per heavy atom. The number of hydrogen-bond acceptors (Lipinski definition) is 2. The van der Waals surface area contributed by atoms with Crippen molar-refractivity contribution in [3.05, 3.63) is 0 Å². The summed E-state index contributed by atoms with van der Waals surface area (Å²) in [6, 6.07) is 0. The first kappa shape index (κ1) is 7.03. The number of rotatable bonds is 2. The summed E-state index contributed by atoms with van der Waals surface area (Å²) in [4.78, 5) is 0. The van der Waals surface area contributed by atoms with Crippen molar-refractivity contribution in [2.75, 3.05) is 19.6 Å². The molecule has 2 nitrogen and oxygen atoms in total. The van der Waals surface area contributed by atoms with Gasteiger partial charge < -0.3 is 11.1 Å². The van der Waals surface area contributed by atoms with Crippen LogP contribution >= 0.6 is 0 Å². The molecule has 0 radical (unpaired) electrons.